The van der Waals surface area contributed by atoms with Gasteiger partial charge < -0.3 is 14.0 Å². The van der Waals surface area contributed by atoms with Gasteiger partial charge in [-0.25, -0.2) is 19.2 Å². The molecule has 1 fully saturated rings. The summed E-state index contributed by atoms with van der Waals surface area (Å²) in [5.74, 6) is 0.0375. The van der Waals surface area contributed by atoms with Crippen molar-refractivity contribution in [3.05, 3.63) is 80.0 Å². The predicted molar refractivity (Wildman–Crippen MR) is 147 cm³/mol. The van der Waals surface area contributed by atoms with E-state index in [1.165, 1.54) is 21.3 Å². The molecule has 1 atom stereocenters. The SMILES string of the molecule is CC(C)n1c(=O)n(CCCOC2CCCCO2)c(=O)c2c1nc(-c1cccnc1Cl)n2Cc1ccc(F)cc1. The third kappa shape index (κ3) is 5.68. The summed E-state index contributed by atoms with van der Waals surface area (Å²) in [5.41, 5.74) is 0.908. The minimum absolute atomic E-state index is 0.178. The molecule has 206 valence electrons. The van der Waals surface area contributed by atoms with E-state index >= 15 is 0 Å². The summed E-state index contributed by atoms with van der Waals surface area (Å²) in [7, 11) is 0. The van der Waals surface area contributed by atoms with Crippen molar-refractivity contribution in [2.75, 3.05) is 13.2 Å². The van der Waals surface area contributed by atoms with E-state index in [9.17, 15) is 14.0 Å². The summed E-state index contributed by atoms with van der Waals surface area (Å²) in [5, 5.41) is 0.217. The number of halogens is 2. The van der Waals surface area contributed by atoms with Crippen molar-refractivity contribution < 1.29 is 13.9 Å². The normalized spacial score (nSPS) is 15.9. The average Bonchev–Trinajstić information content (AvgIpc) is 3.28. The van der Waals surface area contributed by atoms with Gasteiger partial charge in [0, 0.05) is 31.9 Å². The molecular formula is C28H31ClFN5O4. The monoisotopic (exact) mass is 555 g/mol. The molecule has 4 heterocycles. The van der Waals surface area contributed by atoms with Gasteiger partial charge in [0.05, 0.1) is 12.2 Å². The number of fused-ring (bicyclic) bond motifs is 1. The van der Waals surface area contributed by atoms with Crippen molar-refractivity contribution in [2.45, 2.75) is 65.0 Å². The second-order valence-corrected chi connectivity index (χ2v) is 10.2. The molecule has 4 aromatic rings. The summed E-state index contributed by atoms with van der Waals surface area (Å²) < 4.78 is 29.6. The number of nitrogens with zero attached hydrogens (tertiary/aromatic N) is 5. The molecule has 0 saturated carbocycles. The molecule has 9 nitrogen and oxygen atoms in total. The summed E-state index contributed by atoms with van der Waals surface area (Å²) in [6.07, 6.45) is 4.72. The van der Waals surface area contributed by atoms with Crippen molar-refractivity contribution in [1.29, 1.82) is 0 Å². The van der Waals surface area contributed by atoms with Gasteiger partial charge >= 0.3 is 5.69 Å². The van der Waals surface area contributed by atoms with Crippen LogP contribution in [-0.2, 0) is 22.6 Å². The van der Waals surface area contributed by atoms with Crippen molar-refractivity contribution in [1.82, 2.24) is 23.7 Å². The van der Waals surface area contributed by atoms with Crippen LogP contribution in [0.2, 0.25) is 5.15 Å². The van der Waals surface area contributed by atoms with Crippen LogP contribution >= 0.6 is 11.6 Å². The molecule has 0 radical (unpaired) electrons. The van der Waals surface area contributed by atoms with Crippen molar-refractivity contribution in [2.24, 2.45) is 0 Å². The molecule has 1 aromatic carbocycles. The number of imidazole rings is 1. The zero-order valence-corrected chi connectivity index (χ0v) is 22.7. The van der Waals surface area contributed by atoms with Crippen LogP contribution in [0.15, 0.2) is 52.2 Å². The second kappa shape index (κ2) is 11.8. The van der Waals surface area contributed by atoms with Gasteiger partial charge in [0.15, 0.2) is 17.5 Å². The van der Waals surface area contributed by atoms with Gasteiger partial charge in [0.25, 0.3) is 5.56 Å². The lowest BCUT2D eigenvalue weighted by Gasteiger charge is -2.22. The number of aromatic nitrogens is 5. The van der Waals surface area contributed by atoms with Gasteiger partial charge in [-0.1, -0.05) is 23.7 Å². The van der Waals surface area contributed by atoms with Crippen molar-refractivity contribution in [3.63, 3.8) is 0 Å². The van der Waals surface area contributed by atoms with Crippen LogP contribution in [0.25, 0.3) is 22.6 Å². The number of benzene rings is 1. The fourth-order valence-electron chi connectivity index (χ4n) is 4.88. The molecule has 11 heteroatoms. The van der Waals surface area contributed by atoms with Crippen molar-refractivity contribution in [3.8, 4) is 11.4 Å². The molecule has 39 heavy (non-hydrogen) atoms. The highest BCUT2D eigenvalue weighted by Gasteiger charge is 2.25. The molecular weight excluding hydrogens is 525 g/mol. The van der Waals surface area contributed by atoms with Gasteiger partial charge in [0.2, 0.25) is 0 Å². The van der Waals surface area contributed by atoms with Gasteiger partial charge in [-0.3, -0.25) is 13.9 Å². The predicted octanol–water partition coefficient (Wildman–Crippen LogP) is 4.78. The Morgan fingerprint density at radius 2 is 1.95 bits per heavy atom. The Kier molecular flexibility index (Phi) is 8.25. The molecule has 3 aromatic heterocycles. The minimum atomic E-state index is -0.457. The number of pyridine rings is 1. The van der Waals surface area contributed by atoms with E-state index in [0.717, 1.165) is 24.8 Å². The molecule has 0 N–H and O–H groups in total. The Morgan fingerprint density at radius 1 is 1.15 bits per heavy atom. The summed E-state index contributed by atoms with van der Waals surface area (Å²) in [6, 6.07) is 9.25. The van der Waals surface area contributed by atoms with Crippen LogP contribution in [0.5, 0.6) is 0 Å². The standard InChI is InChI=1S/C28H31ClFN5O4/c1-18(2)35-26-23(27(36)33(28(35)37)14-6-16-39-22-8-3-4-15-38-22)34(17-19-9-11-20(30)12-10-19)25(32-26)21-7-5-13-31-24(21)29/h5,7,9-13,18,22H,3-4,6,8,14-17H2,1-2H3. The summed E-state index contributed by atoms with van der Waals surface area (Å²) in [6.45, 7) is 5.18. The van der Waals surface area contributed by atoms with E-state index < -0.39 is 11.2 Å². The highest BCUT2D eigenvalue weighted by Crippen LogP contribution is 2.29. The molecule has 1 saturated heterocycles. The van der Waals surface area contributed by atoms with Crippen LogP contribution in [-0.4, -0.2) is 43.2 Å². The van der Waals surface area contributed by atoms with Crippen LogP contribution in [0, 0.1) is 5.82 Å². The smallest absolute Gasteiger partial charge is 0.332 e. The Bertz CT molecular complexity index is 1570. The fraction of sp³-hybridized carbons (Fsp3) is 0.429. The van der Waals surface area contributed by atoms with E-state index in [4.69, 9.17) is 26.1 Å². The lowest BCUT2D eigenvalue weighted by atomic mass is 10.2. The van der Waals surface area contributed by atoms with E-state index in [1.54, 1.807) is 35.0 Å². The first-order chi connectivity index (χ1) is 18.8. The molecule has 1 unspecified atom stereocenters. The molecule has 1 aliphatic heterocycles. The first kappa shape index (κ1) is 27.2. The third-order valence-electron chi connectivity index (χ3n) is 6.80. The molecule has 1 aliphatic rings. The van der Waals surface area contributed by atoms with E-state index in [0.29, 0.717) is 31.0 Å². The molecule has 0 aliphatic carbocycles. The van der Waals surface area contributed by atoms with Crippen LogP contribution in [0.3, 0.4) is 0 Å². The van der Waals surface area contributed by atoms with E-state index in [1.807, 2.05) is 13.8 Å². The minimum Gasteiger partial charge on any atom is -0.353 e. The lowest BCUT2D eigenvalue weighted by Crippen LogP contribution is -2.41. The largest absolute Gasteiger partial charge is 0.353 e. The highest BCUT2D eigenvalue weighted by atomic mass is 35.5. The topological polar surface area (TPSA) is 93.2 Å². The Labute approximate surface area is 229 Å². The maximum atomic E-state index is 13.9. The number of hydrogen-bond donors (Lipinski definition) is 0. The maximum Gasteiger partial charge on any atom is 0.332 e. The van der Waals surface area contributed by atoms with Gasteiger partial charge in [-0.05, 0) is 69.4 Å². The highest BCUT2D eigenvalue weighted by molar-refractivity contribution is 6.32. The zero-order chi connectivity index (χ0) is 27.5. The average molecular weight is 556 g/mol. The van der Waals surface area contributed by atoms with Crippen LogP contribution in [0.4, 0.5) is 4.39 Å². The first-order valence-corrected chi connectivity index (χ1v) is 13.6. The molecule has 0 amide bonds. The van der Waals surface area contributed by atoms with Gasteiger partial charge in [-0.15, -0.1) is 0 Å². The molecule has 0 spiro atoms. The fourth-order valence-corrected chi connectivity index (χ4v) is 5.09. The lowest BCUT2D eigenvalue weighted by molar-refractivity contribution is -0.163. The van der Waals surface area contributed by atoms with E-state index in [2.05, 4.69) is 4.98 Å². The summed E-state index contributed by atoms with van der Waals surface area (Å²) >= 11 is 6.45. The second-order valence-electron chi connectivity index (χ2n) is 9.89. The van der Waals surface area contributed by atoms with Gasteiger partial charge in [0.1, 0.15) is 16.8 Å². The molecule has 5 rings (SSSR count). The zero-order valence-electron chi connectivity index (χ0n) is 22.0. The number of hydrogen-bond acceptors (Lipinski definition) is 6. The Morgan fingerprint density at radius 3 is 2.64 bits per heavy atom. The van der Waals surface area contributed by atoms with Crippen molar-refractivity contribution >= 4 is 22.8 Å². The Balaban J connectivity index is 1.61. The maximum absolute atomic E-state index is 13.9. The quantitative estimate of drug-likeness (QED) is 0.218. The third-order valence-corrected chi connectivity index (χ3v) is 7.10. The van der Waals surface area contributed by atoms with Crippen LogP contribution in [0.1, 0.15) is 51.1 Å². The van der Waals surface area contributed by atoms with E-state index in [-0.39, 0.29) is 47.6 Å². The Hall–Kier alpha value is -3.34. The molecule has 0 bridgehead atoms. The van der Waals surface area contributed by atoms with Gasteiger partial charge in [-0.2, -0.15) is 0 Å². The number of rotatable bonds is 9. The first-order valence-electron chi connectivity index (χ1n) is 13.2. The number of ether oxygens (including phenoxy) is 2. The van der Waals surface area contributed by atoms with Crippen LogP contribution < -0.4 is 11.2 Å². The summed E-state index contributed by atoms with van der Waals surface area (Å²) in [4.78, 5) is 36.5.